The fraction of sp³-hybridized carbons (Fsp3) is 0.143. The first-order chi connectivity index (χ1) is 9.16. The molecule has 2 rings (SSSR count). The van der Waals surface area contributed by atoms with Crippen LogP contribution in [0.4, 0.5) is 11.4 Å². The molecule has 0 radical (unpaired) electrons. The molecule has 2 N–H and O–H groups in total. The molecule has 1 heterocycles. The number of aromatic nitrogens is 1. The Hall–Kier alpha value is -2.56. The van der Waals surface area contributed by atoms with Crippen LogP contribution in [0.2, 0.25) is 0 Å². The van der Waals surface area contributed by atoms with Gasteiger partial charge in [0.2, 0.25) is 0 Å². The normalized spacial score (nSPS) is 9.95. The van der Waals surface area contributed by atoms with Gasteiger partial charge in [-0.05, 0) is 36.4 Å². The number of ether oxygens (including phenoxy) is 1. The van der Waals surface area contributed by atoms with Gasteiger partial charge in [0.15, 0.2) is 6.61 Å². The summed E-state index contributed by atoms with van der Waals surface area (Å²) < 4.78 is 5.40. The molecule has 19 heavy (non-hydrogen) atoms. The van der Waals surface area contributed by atoms with Crippen molar-refractivity contribution in [1.29, 1.82) is 0 Å². The standard InChI is InChI=1S/C14H15N3O2/c1-17(12-6-8-16-9-7-12)14(18)10-19-13-4-2-11(15)3-5-13/h2-9H,10,15H2,1H3. The summed E-state index contributed by atoms with van der Waals surface area (Å²) in [5.74, 6) is 0.480. The third kappa shape index (κ3) is 3.45. The molecule has 0 saturated carbocycles. The lowest BCUT2D eigenvalue weighted by atomic mass is 10.3. The van der Waals surface area contributed by atoms with E-state index in [1.165, 1.54) is 4.90 Å². The molecule has 0 aliphatic heterocycles. The lowest BCUT2D eigenvalue weighted by Crippen LogP contribution is -2.31. The molecule has 0 bridgehead atoms. The molecular formula is C14H15N3O2. The SMILES string of the molecule is CN(C(=O)COc1ccc(N)cc1)c1ccncc1. The van der Waals surface area contributed by atoms with Crippen molar-refractivity contribution in [3.63, 3.8) is 0 Å². The van der Waals surface area contributed by atoms with Crippen molar-refractivity contribution in [3.05, 3.63) is 48.8 Å². The molecule has 0 aliphatic rings. The zero-order valence-corrected chi connectivity index (χ0v) is 10.6. The van der Waals surface area contributed by atoms with Crippen molar-refractivity contribution in [2.45, 2.75) is 0 Å². The van der Waals surface area contributed by atoms with E-state index >= 15 is 0 Å². The maximum atomic E-state index is 11.9. The number of amides is 1. The number of nitrogens with zero attached hydrogens (tertiary/aromatic N) is 2. The molecule has 0 saturated heterocycles. The van der Waals surface area contributed by atoms with Gasteiger partial charge in [-0.25, -0.2) is 0 Å². The quantitative estimate of drug-likeness (QED) is 0.846. The van der Waals surface area contributed by atoms with Crippen LogP contribution >= 0.6 is 0 Å². The number of hydrogen-bond acceptors (Lipinski definition) is 4. The van der Waals surface area contributed by atoms with Gasteiger partial charge in [-0.2, -0.15) is 0 Å². The first kappa shape index (κ1) is 12.9. The predicted molar refractivity (Wildman–Crippen MR) is 74.0 cm³/mol. The average molecular weight is 257 g/mol. The molecule has 98 valence electrons. The summed E-state index contributed by atoms with van der Waals surface area (Å²) in [7, 11) is 1.70. The predicted octanol–water partition coefficient (Wildman–Crippen LogP) is 1.71. The number of nitrogen functional groups attached to an aromatic ring is 1. The summed E-state index contributed by atoms with van der Waals surface area (Å²) in [6.45, 7) is -0.0251. The average Bonchev–Trinajstić information content (AvgIpc) is 2.46. The molecular weight excluding hydrogens is 242 g/mol. The summed E-state index contributed by atoms with van der Waals surface area (Å²) in [5, 5.41) is 0. The van der Waals surface area contributed by atoms with Crippen molar-refractivity contribution in [3.8, 4) is 5.75 Å². The second-order valence-corrected chi connectivity index (χ2v) is 4.02. The lowest BCUT2D eigenvalue weighted by molar-refractivity contribution is -0.120. The maximum Gasteiger partial charge on any atom is 0.264 e. The smallest absolute Gasteiger partial charge is 0.264 e. The summed E-state index contributed by atoms with van der Waals surface area (Å²) in [6, 6.07) is 10.4. The first-order valence-corrected chi connectivity index (χ1v) is 5.82. The fourth-order valence-electron chi connectivity index (χ4n) is 1.52. The van der Waals surface area contributed by atoms with Crippen LogP contribution < -0.4 is 15.4 Å². The number of likely N-dealkylation sites (N-methyl/N-ethyl adjacent to an activating group) is 1. The second-order valence-electron chi connectivity index (χ2n) is 4.02. The molecule has 0 atom stereocenters. The van der Waals surface area contributed by atoms with Crippen molar-refractivity contribution >= 4 is 17.3 Å². The first-order valence-electron chi connectivity index (χ1n) is 5.82. The van der Waals surface area contributed by atoms with Crippen LogP contribution in [0.25, 0.3) is 0 Å². The van der Waals surface area contributed by atoms with E-state index in [4.69, 9.17) is 10.5 Å². The van der Waals surface area contributed by atoms with Crippen LogP contribution in [0.1, 0.15) is 0 Å². The zero-order chi connectivity index (χ0) is 13.7. The molecule has 1 aromatic heterocycles. The van der Waals surface area contributed by atoms with E-state index in [2.05, 4.69) is 4.98 Å². The minimum absolute atomic E-state index is 0.0251. The van der Waals surface area contributed by atoms with Gasteiger partial charge in [0.1, 0.15) is 5.75 Å². The number of nitrogens with two attached hydrogens (primary N) is 1. The minimum atomic E-state index is -0.136. The van der Waals surface area contributed by atoms with Crippen LogP contribution in [-0.2, 0) is 4.79 Å². The molecule has 2 aromatic rings. The highest BCUT2D eigenvalue weighted by molar-refractivity contribution is 5.93. The Balaban J connectivity index is 1.93. The summed E-state index contributed by atoms with van der Waals surface area (Å²) in [6.07, 6.45) is 3.28. The molecule has 0 unspecified atom stereocenters. The summed E-state index contributed by atoms with van der Waals surface area (Å²) in [5.41, 5.74) is 7.01. The Morgan fingerprint density at radius 2 is 1.84 bits per heavy atom. The molecule has 1 aromatic carbocycles. The fourth-order valence-corrected chi connectivity index (χ4v) is 1.52. The highest BCUT2D eigenvalue weighted by Crippen LogP contribution is 2.14. The number of rotatable bonds is 4. The van der Waals surface area contributed by atoms with E-state index in [0.29, 0.717) is 11.4 Å². The summed E-state index contributed by atoms with van der Waals surface area (Å²) >= 11 is 0. The molecule has 0 fully saturated rings. The van der Waals surface area contributed by atoms with Gasteiger partial charge in [0, 0.05) is 30.8 Å². The Bertz CT molecular complexity index is 540. The number of hydrogen-bond donors (Lipinski definition) is 1. The third-order valence-corrected chi connectivity index (χ3v) is 2.67. The summed E-state index contributed by atoms with van der Waals surface area (Å²) in [4.78, 5) is 17.4. The van der Waals surface area contributed by atoms with Gasteiger partial charge in [0.25, 0.3) is 5.91 Å². The van der Waals surface area contributed by atoms with Crippen LogP contribution in [0.15, 0.2) is 48.8 Å². The van der Waals surface area contributed by atoms with Gasteiger partial charge in [0.05, 0.1) is 0 Å². The van der Waals surface area contributed by atoms with Gasteiger partial charge < -0.3 is 15.4 Å². The van der Waals surface area contributed by atoms with Gasteiger partial charge >= 0.3 is 0 Å². The Labute approximate surface area is 111 Å². The van der Waals surface area contributed by atoms with Crippen LogP contribution in [-0.4, -0.2) is 24.5 Å². The van der Waals surface area contributed by atoms with Crippen molar-refractivity contribution in [2.75, 3.05) is 24.3 Å². The van der Waals surface area contributed by atoms with E-state index in [1.807, 2.05) is 0 Å². The Morgan fingerprint density at radius 3 is 2.47 bits per heavy atom. The van der Waals surface area contributed by atoms with Crippen molar-refractivity contribution < 1.29 is 9.53 Å². The topological polar surface area (TPSA) is 68.5 Å². The van der Waals surface area contributed by atoms with E-state index < -0.39 is 0 Å². The molecule has 1 amide bonds. The van der Waals surface area contributed by atoms with E-state index in [9.17, 15) is 4.79 Å². The molecule has 5 nitrogen and oxygen atoms in total. The maximum absolute atomic E-state index is 11.9. The van der Waals surface area contributed by atoms with Crippen LogP contribution in [0.3, 0.4) is 0 Å². The van der Waals surface area contributed by atoms with E-state index in [1.54, 1.807) is 55.8 Å². The minimum Gasteiger partial charge on any atom is -0.484 e. The highest BCUT2D eigenvalue weighted by atomic mass is 16.5. The Morgan fingerprint density at radius 1 is 1.21 bits per heavy atom. The third-order valence-electron chi connectivity index (χ3n) is 2.67. The lowest BCUT2D eigenvalue weighted by Gasteiger charge is -2.17. The van der Waals surface area contributed by atoms with Crippen molar-refractivity contribution in [2.24, 2.45) is 0 Å². The highest BCUT2D eigenvalue weighted by Gasteiger charge is 2.11. The molecule has 0 spiro atoms. The van der Waals surface area contributed by atoms with Gasteiger partial charge in [-0.15, -0.1) is 0 Å². The Kier molecular flexibility index (Phi) is 3.97. The second kappa shape index (κ2) is 5.86. The van der Waals surface area contributed by atoms with Gasteiger partial charge in [-0.3, -0.25) is 9.78 Å². The number of anilines is 2. The number of carbonyl (C=O) groups is 1. The molecule has 0 aliphatic carbocycles. The zero-order valence-electron chi connectivity index (χ0n) is 10.6. The number of carbonyl (C=O) groups excluding carboxylic acids is 1. The monoisotopic (exact) mass is 257 g/mol. The number of pyridine rings is 1. The number of benzene rings is 1. The van der Waals surface area contributed by atoms with Crippen molar-refractivity contribution in [1.82, 2.24) is 4.98 Å². The van der Waals surface area contributed by atoms with E-state index in [0.717, 1.165) is 5.69 Å². The van der Waals surface area contributed by atoms with Crippen LogP contribution in [0, 0.1) is 0 Å². The van der Waals surface area contributed by atoms with Gasteiger partial charge in [-0.1, -0.05) is 0 Å². The van der Waals surface area contributed by atoms with Crippen LogP contribution in [0.5, 0.6) is 5.75 Å². The van der Waals surface area contributed by atoms with E-state index in [-0.39, 0.29) is 12.5 Å². The molecule has 5 heteroatoms. The largest absolute Gasteiger partial charge is 0.484 e.